The van der Waals surface area contributed by atoms with Gasteiger partial charge in [0.2, 0.25) is 0 Å². The lowest BCUT2D eigenvalue weighted by Crippen LogP contribution is -1.83. The summed E-state index contributed by atoms with van der Waals surface area (Å²) in [6.07, 6.45) is 34.7. The van der Waals surface area contributed by atoms with Gasteiger partial charge in [-0.2, -0.15) is 0 Å². The molecule has 0 bridgehead atoms. The van der Waals surface area contributed by atoms with Crippen LogP contribution in [-0.2, 0) is 4.74 Å². The second kappa shape index (κ2) is 23.0. The molecule has 0 aromatic carbocycles. The molecule has 0 rings (SSSR count). The van der Waals surface area contributed by atoms with Gasteiger partial charge in [0.25, 0.3) is 0 Å². The zero-order valence-corrected chi connectivity index (χ0v) is 17.2. The van der Waals surface area contributed by atoms with Gasteiger partial charge in [0, 0.05) is 0 Å². The largest absolute Gasteiger partial charge is 0.504 e. The van der Waals surface area contributed by atoms with Crippen LogP contribution in [0.3, 0.4) is 0 Å². The van der Waals surface area contributed by atoms with Crippen LogP contribution >= 0.6 is 0 Å². The van der Waals surface area contributed by atoms with Gasteiger partial charge >= 0.3 is 0 Å². The molecule has 0 fully saturated rings. The fourth-order valence-electron chi connectivity index (χ4n) is 3.06. The number of ether oxygens (including phenoxy) is 1. The molecule has 0 N–H and O–H groups in total. The minimum absolute atomic E-state index is 1.20. The molecule has 0 spiro atoms. The highest BCUT2D eigenvalue weighted by Crippen LogP contribution is 2.13. The van der Waals surface area contributed by atoms with Gasteiger partial charge in [0.05, 0.1) is 13.4 Å². The van der Waals surface area contributed by atoms with Crippen LogP contribution in [0.25, 0.3) is 0 Å². The number of allylic oxidation sites excluding steroid dienone is 5. The van der Waals surface area contributed by atoms with Crippen molar-refractivity contribution >= 4 is 0 Å². The van der Waals surface area contributed by atoms with E-state index < -0.39 is 0 Å². The molecule has 0 aromatic heterocycles. The number of rotatable bonds is 19. The van der Waals surface area contributed by atoms with Crippen molar-refractivity contribution in [2.45, 2.75) is 110 Å². The molecule has 1 heteroatoms. The maximum Gasteiger partial charge on any atom is 0.0824 e. The Morgan fingerprint density at radius 1 is 0.520 bits per heavy atom. The smallest absolute Gasteiger partial charge is 0.0824 e. The molecule has 146 valence electrons. The lowest BCUT2D eigenvalue weighted by atomic mass is 10.0. The van der Waals surface area contributed by atoms with E-state index in [9.17, 15) is 0 Å². The van der Waals surface area contributed by atoms with Gasteiger partial charge in [-0.05, 0) is 18.9 Å². The van der Waals surface area contributed by atoms with Crippen molar-refractivity contribution in [3.63, 3.8) is 0 Å². The summed E-state index contributed by atoms with van der Waals surface area (Å²) < 4.78 is 4.83. The third-order valence-corrected chi connectivity index (χ3v) is 4.66. The molecule has 0 heterocycles. The highest BCUT2D eigenvalue weighted by atomic mass is 16.5. The third kappa shape index (κ3) is 23.0. The van der Waals surface area contributed by atoms with Crippen molar-refractivity contribution in [1.29, 1.82) is 0 Å². The topological polar surface area (TPSA) is 9.23 Å². The molecule has 0 unspecified atom stereocenters. The summed E-state index contributed by atoms with van der Waals surface area (Å²) in [7, 11) is 1.66. The molecular weight excluding hydrogens is 304 g/mol. The van der Waals surface area contributed by atoms with Crippen molar-refractivity contribution in [2.24, 2.45) is 0 Å². The van der Waals surface area contributed by atoms with Gasteiger partial charge in [-0.1, -0.05) is 121 Å². The Kier molecular flexibility index (Phi) is 22.1. The van der Waals surface area contributed by atoms with E-state index in [1.807, 2.05) is 12.2 Å². The lowest BCUT2D eigenvalue weighted by molar-refractivity contribution is 0.338. The van der Waals surface area contributed by atoms with Crippen LogP contribution in [-0.4, -0.2) is 7.11 Å². The summed E-state index contributed by atoms with van der Waals surface area (Å²) in [6, 6.07) is 0. The third-order valence-electron chi connectivity index (χ3n) is 4.66. The minimum atomic E-state index is 1.20. The van der Waals surface area contributed by atoms with Crippen molar-refractivity contribution in [3.05, 3.63) is 36.6 Å². The minimum Gasteiger partial charge on any atom is -0.504 e. The fourth-order valence-corrected chi connectivity index (χ4v) is 3.06. The summed E-state index contributed by atoms with van der Waals surface area (Å²) >= 11 is 0. The van der Waals surface area contributed by atoms with Crippen molar-refractivity contribution in [1.82, 2.24) is 0 Å². The highest BCUT2D eigenvalue weighted by Gasteiger charge is 1.93. The second-order valence-electron chi connectivity index (χ2n) is 7.12. The van der Waals surface area contributed by atoms with Gasteiger partial charge in [0.15, 0.2) is 0 Å². The molecular formula is C24H44O. The van der Waals surface area contributed by atoms with E-state index in [0.29, 0.717) is 0 Å². The summed E-state index contributed by atoms with van der Waals surface area (Å²) in [5, 5.41) is 0. The summed E-state index contributed by atoms with van der Waals surface area (Å²) in [6.45, 7) is 2.29. The number of hydrogen-bond donors (Lipinski definition) is 0. The quantitative estimate of drug-likeness (QED) is 0.129. The maximum absolute atomic E-state index is 4.83. The zero-order chi connectivity index (χ0) is 18.3. The van der Waals surface area contributed by atoms with Crippen molar-refractivity contribution in [2.75, 3.05) is 7.11 Å². The van der Waals surface area contributed by atoms with Gasteiger partial charge in [-0.3, -0.25) is 0 Å². The monoisotopic (exact) mass is 348 g/mol. The SMILES string of the molecule is CCCCCCCCCCCCCCCCCC=CC=CC=COC. The number of hydrogen-bond acceptors (Lipinski definition) is 1. The molecule has 0 saturated carbocycles. The van der Waals surface area contributed by atoms with Crippen molar-refractivity contribution < 1.29 is 4.74 Å². The molecule has 0 aliphatic rings. The predicted molar refractivity (Wildman–Crippen MR) is 114 cm³/mol. The standard InChI is InChI=1S/C24H44O/c1-3-4-5-6-7-8-9-10-11-12-13-14-15-16-17-18-19-20-21-22-23-24-25-2/h19-24H,3-18H2,1-2H3. The van der Waals surface area contributed by atoms with Gasteiger partial charge in [-0.15, -0.1) is 0 Å². The second-order valence-corrected chi connectivity index (χ2v) is 7.12. The van der Waals surface area contributed by atoms with Crippen LogP contribution in [0.5, 0.6) is 0 Å². The predicted octanol–water partition coefficient (Wildman–Crippen LogP) is 8.52. The zero-order valence-electron chi connectivity index (χ0n) is 17.2. The van der Waals surface area contributed by atoms with Crippen LogP contribution in [0.1, 0.15) is 110 Å². The average Bonchev–Trinajstić information content (AvgIpc) is 2.63. The van der Waals surface area contributed by atoms with Gasteiger partial charge in [0.1, 0.15) is 0 Å². The Morgan fingerprint density at radius 2 is 0.960 bits per heavy atom. The molecule has 0 aliphatic heterocycles. The van der Waals surface area contributed by atoms with Gasteiger partial charge < -0.3 is 4.74 Å². The van der Waals surface area contributed by atoms with Crippen LogP contribution in [0.2, 0.25) is 0 Å². The Morgan fingerprint density at radius 3 is 1.44 bits per heavy atom. The first kappa shape index (κ1) is 24.0. The van der Waals surface area contributed by atoms with E-state index in [1.54, 1.807) is 13.4 Å². The Labute approximate surface area is 158 Å². The van der Waals surface area contributed by atoms with Crippen LogP contribution in [0, 0.1) is 0 Å². The van der Waals surface area contributed by atoms with E-state index >= 15 is 0 Å². The first-order chi connectivity index (χ1) is 12.4. The van der Waals surface area contributed by atoms with Gasteiger partial charge in [-0.25, -0.2) is 0 Å². The number of unbranched alkanes of at least 4 members (excludes halogenated alkanes) is 15. The molecule has 0 aromatic rings. The number of methoxy groups -OCH3 is 1. The normalized spacial score (nSPS) is 12.1. The van der Waals surface area contributed by atoms with E-state index in [0.717, 1.165) is 0 Å². The molecule has 0 saturated heterocycles. The molecule has 25 heavy (non-hydrogen) atoms. The van der Waals surface area contributed by atoms with Crippen LogP contribution in [0.15, 0.2) is 36.6 Å². The highest BCUT2D eigenvalue weighted by molar-refractivity contribution is 5.09. The van der Waals surface area contributed by atoms with E-state index in [1.165, 1.54) is 103 Å². The van der Waals surface area contributed by atoms with Crippen LogP contribution < -0.4 is 0 Å². The van der Waals surface area contributed by atoms with Crippen LogP contribution in [0.4, 0.5) is 0 Å². The maximum atomic E-state index is 4.83. The van der Waals surface area contributed by atoms with Crippen molar-refractivity contribution in [3.8, 4) is 0 Å². The Balaban J connectivity index is 3.10. The molecule has 0 radical (unpaired) electrons. The van der Waals surface area contributed by atoms with E-state index in [2.05, 4.69) is 25.2 Å². The first-order valence-electron chi connectivity index (χ1n) is 10.9. The molecule has 0 aliphatic carbocycles. The summed E-state index contributed by atoms with van der Waals surface area (Å²) in [5.41, 5.74) is 0. The molecule has 1 nitrogen and oxygen atoms in total. The molecule has 0 atom stereocenters. The summed E-state index contributed by atoms with van der Waals surface area (Å²) in [5.74, 6) is 0. The Hall–Kier alpha value is -0.980. The Bertz CT molecular complexity index is 314. The lowest BCUT2D eigenvalue weighted by Gasteiger charge is -2.03. The molecule has 0 amide bonds. The first-order valence-corrected chi connectivity index (χ1v) is 10.9. The van der Waals surface area contributed by atoms with E-state index in [-0.39, 0.29) is 0 Å². The fraction of sp³-hybridized carbons (Fsp3) is 0.750. The average molecular weight is 349 g/mol. The summed E-state index contributed by atoms with van der Waals surface area (Å²) in [4.78, 5) is 0. The van der Waals surface area contributed by atoms with E-state index in [4.69, 9.17) is 4.74 Å².